The van der Waals surface area contributed by atoms with Gasteiger partial charge in [-0.05, 0) is 44.9 Å². The SMILES string of the molecule is CCCCCCCCC=CCCCCCCCCCCCC(=O)OCCCCCCCCCCCCCCCCCCCCCCCCCCCCCCCC(=O)O. The van der Waals surface area contributed by atoms with E-state index in [-0.39, 0.29) is 5.97 Å². The lowest BCUT2D eigenvalue weighted by atomic mass is 10.0. The van der Waals surface area contributed by atoms with Crippen molar-refractivity contribution < 1.29 is 19.4 Å². The predicted octanol–water partition coefficient (Wildman–Crippen LogP) is 18.9. The van der Waals surface area contributed by atoms with Gasteiger partial charge in [0, 0.05) is 12.8 Å². The normalized spacial score (nSPS) is 11.6. The van der Waals surface area contributed by atoms with Crippen molar-refractivity contribution in [1.82, 2.24) is 0 Å². The second kappa shape index (κ2) is 51.8. The molecular weight excluding hydrogens is 713 g/mol. The van der Waals surface area contributed by atoms with E-state index in [2.05, 4.69) is 19.1 Å². The monoisotopic (exact) mass is 817 g/mol. The Morgan fingerprint density at radius 1 is 0.328 bits per heavy atom. The molecule has 0 aromatic rings. The largest absolute Gasteiger partial charge is 0.481 e. The number of esters is 1. The number of aliphatic carboxylic acids is 1. The molecule has 0 aromatic carbocycles. The average Bonchev–Trinajstić information content (AvgIpc) is 3.22. The summed E-state index contributed by atoms with van der Waals surface area (Å²) >= 11 is 0. The van der Waals surface area contributed by atoms with Crippen LogP contribution >= 0.6 is 0 Å². The zero-order chi connectivity index (χ0) is 41.9. The number of carboxylic acids is 1. The molecule has 0 fully saturated rings. The Kier molecular flexibility index (Phi) is 50.6. The molecular formula is C54H104O4. The molecule has 1 N–H and O–H groups in total. The number of rotatable bonds is 51. The molecule has 0 rings (SSSR count). The second-order valence-corrected chi connectivity index (χ2v) is 18.4. The van der Waals surface area contributed by atoms with Crippen LogP contribution in [0.25, 0.3) is 0 Å². The van der Waals surface area contributed by atoms with Crippen LogP contribution in [0.1, 0.15) is 315 Å². The van der Waals surface area contributed by atoms with Crippen LogP contribution in [0.3, 0.4) is 0 Å². The maximum Gasteiger partial charge on any atom is 0.305 e. The fraction of sp³-hybridized carbons (Fsp3) is 0.926. The Bertz CT molecular complexity index is 822. The summed E-state index contributed by atoms with van der Waals surface area (Å²) in [4.78, 5) is 22.6. The van der Waals surface area contributed by atoms with Gasteiger partial charge in [-0.1, -0.05) is 269 Å². The van der Waals surface area contributed by atoms with Gasteiger partial charge < -0.3 is 9.84 Å². The van der Waals surface area contributed by atoms with E-state index in [1.807, 2.05) is 0 Å². The number of unbranched alkanes of at least 4 members (excludes halogenated alkanes) is 43. The minimum absolute atomic E-state index is 0.0215. The number of ether oxygens (including phenoxy) is 1. The Labute approximate surface area is 364 Å². The maximum absolute atomic E-state index is 12.1. The van der Waals surface area contributed by atoms with Crippen LogP contribution in [0, 0.1) is 0 Å². The molecule has 58 heavy (non-hydrogen) atoms. The lowest BCUT2D eigenvalue weighted by Crippen LogP contribution is -2.05. The van der Waals surface area contributed by atoms with E-state index in [0.29, 0.717) is 19.4 Å². The van der Waals surface area contributed by atoms with Gasteiger partial charge in [-0.3, -0.25) is 9.59 Å². The number of allylic oxidation sites excluding steroid dienone is 2. The molecule has 4 heteroatoms. The van der Waals surface area contributed by atoms with Gasteiger partial charge in [0.1, 0.15) is 0 Å². The summed E-state index contributed by atoms with van der Waals surface area (Å²) in [5.74, 6) is -0.631. The van der Waals surface area contributed by atoms with E-state index in [4.69, 9.17) is 9.84 Å². The fourth-order valence-electron chi connectivity index (χ4n) is 8.46. The fourth-order valence-corrected chi connectivity index (χ4v) is 8.46. The van der Waals surface area contributed by atoms with E-state index in [0.717, 1.165) is 25.7 Å². The van der Waals surface area contributed by atoms with E-state index in [1.54, 1.807) is 0 Å². The Morgan fingerprint density at radius 3 is 0.862 bits per heavy atom. The first-order valence-electron chi connectivity index (χ1n) is 26.7. The third-order valence-corrected chi connectivity index (χ3v) is 12.4. The molecule has 0 aliphatic carbocycles. The van der Waals surface area contributed by atoms with Gasteiger partial charge in [-0.25, -0.2) is 0 Å². The van der Waals surface area contributed by atoms with Crippen LogP contribution in [0.5, 0.6) is 0 Å². The molecule has 0 atom stereocenters. The van der Waals surface area contributed by atoms with Crippen molar-refractivity contribution >= 4 is 11.9 Å². The standard InChI is InChI=1S/C54H104O4/c1-2-3-4-5-6-7-8-9-10-11-23-27-30-33-36-39-42-45-48-51-54(57)58-52-49-46-43-40-37-34-31-28-25-22-20-18-16-14-12-13-15-17-19-21-24-26-29-32-35-38-41-44-47-50-53(55)56/h9-10H,2-8,11-52H2,1H3,(H,55,56). The lowest BCUT2D eigenvalue weighted by molar-refractivity contribution is -0.144. The number of carbonyl (C=O) groups is 2. The van der Waals surface area contributed by atoms with Crippen molar-refractivity contribution in [1.29, 1.82) is 0 Å². The first-order valence-corrected chi connectivity index (χ1v) is 26.7. The first-order chi connectivity index (χ1) is 28.7. The smallest absolute Gasteiger partial charge is 0.305 e. The summed E-state index contributed by atoms with van der Waals surface area (Å²) in [5, 5.41) is 8.67. The van der Waals surface area contributed by atoms with Crippen molar-refractivity contribution in [2.24, 2.45) is 0 Å². The Balaban J connectivity index is 3.16. The summed E-state index contributed by atoms with van der Waals surface area (Å²) in [6, 6.07) is 0. The minimum atomic E-state index is -0.652. The molecule has 344 valence electrons. The first kappa shape index (κ1) is 56.7. The van der Waals surface area contributed by atoms with E-state index in [1.165, 1.54) is 270 Å². The number of hydrogen-bond donors (Lipinski definition) is 1. The van der Waals surface area contributed by atoms with Gasteiger partial charge in [0.2, 0.25) is 0 Å². The quantitative estimate of drug-likeness (QED) is 0.0377. The molecule has 0 aliphatic rings. The van der Waals surface area contributed by atoms with Gasteiger partial charge in [0.15, 0.2) is 0 Å². The van der Waals surface area contributed by atoms with Crippen molar-refractivity contribution in [3.05, 3.63) is 12.2 Å². The van der Waals surface area contributed by atoms with E-state index < -0.39 is 5.97 Å². The van der Waals surface area contributed by atoms with Gasteiger partial charge in [-0.15, -0.1) is 0 Å². The van der Waals surface area contributed by atoms with Crippen molar-refractivity contribution in [2.45, 2.75) is 315 Å². The third-order valence-electron chi connectivity index (χ3n) is 12.4. The van der Waals surface area contributed by atoms with Gasteiger partial charge in [-0.2, -0.15) is 0 Å². The van der Waals surface area contributed by atoms with Gasteiger partial charge in [0.25, 0.3) is 0 Å². The zero-order valence-electron chi connectivity index (χ0n) is 39.5. The summed E-state index contributed by atoms with van der Waals surface area (Å²) < 4.78 is 5.49. The summed E-state index contributed by atoms with van der Waals surface area (Å²) in [5.41, 5.74) is 0. The topological polar surface area (TPSA) is 63.6 Å². The van der Waals surface area contributed by atoms with Gasteiger partial charge in [0.05, 0.1) is 6.61 Å². The van der Waals surface area contributed by atoms with Crippen LogP contribution in [0.2, 0.25) is 0 Å². The number of hydrogen-bond acceptors (Lipinski definition) is 3. The van der Waals surface area contributed by atoms with Crippen LogP contribution in [0.15, 0.2) is 12.2 Å². The highest BCUT2D eigenvalue weighted by Gasteiger charge is 2.03. The molecule has 4 nitrogen and oxygen atoms in total. The Morgan fingerprint density at radius 2 is 0.569 bits per heavy atom. The third kappa shape index (κ3) is 52.7. The van der Waals surface area contributed by atoms with Crippen molar-refractivity contribution in [2.75, 3.05) is 6.61 Å². The predicted molar refractivity (Wildman–Crippen MR) is 255 cm³/mol. The van der Waals surface area contributed by atoms with Crippen molar-refractivity contribution in [3.8, 4) is 0 Å². The molecule has 0 saturated carbocycles. The maximum atomic E-state index is 12.1. The molecule has 0 radical (unpaired) electrons. The molecule has 0 aliphatic heterocycles. The highest BCUT2D eigenvalue weighted by molar-refractivity contribution is 5.69. The zero-order valence-corrected chi connectivity index (χ0v) is 39.5. The summed E-state index contributed by atoms with van der Waals surface area (Å²) in [7, 11) is 0. The average molecular weight is 817 g/mol. The minimum Gasteiger partial charge on any atom is -0.481 e. The second-order valence-electron chi connectivity index (χ2n) is 18.4. The number of carbonyl (C=O) groups excluding carboxylic acids is 1. The number of carboxylic acid groups (broad SMARTS) is 1. The van der Waals surface area contributed by atoms with Crippen molar-refractivity contribution in [3.63, 3.8) is 0 Å². The molecule has 0 unspecified atom stereocenters. The van der Waals surface area contributed by atoms with Crippen LogP contribution < -0.4 is 0 Å². The van der Waals surface area contributed by atoms with E-state index >= 15 is 0 Å². The highest BCUT2D eigenvalue weighted by Crippen LogP contribution is 2.17. The van der Waals surface area contributed by atoms with Crippen LogP contribution in [-0.4, -0.2) is 23.7 Å². The molecule has 0 bridgehead atoms. The summed E-state index contributed by atoms with van der Waals surface area (Å²) in [6.07, 6.45) is 67.3. The lowest BCUT2D eigenvalue weighted by Gasteiger charge is -2.06. The molecule has 0 aromatic heterocycles. The Hall–Kier alpha value is -1.32. The molecule has 0 amide bonds. The van der Waals surface area contributed by atoms with Gasteiger partial charge >= 0.3 is 11.9 Å². The molecule has 0 spiro atoms. The molecule has 0 saturated heterocycles. The summed E-state index contributed by atoms with van der Waals surface area (Å²) in [6.45, 7) is 2.91. The van der Waals surface area contributed by atoms with Crippen LogP contribution in [-0.2, 0) is 14.3 Å². The highest BCUT2D eigenvalue weighted by atomic mass is 16.5. The molecule has 0 heterocycles. The van der Waals surface area contributed by atoms with Crippen LogP contribution in [0.4, 0.5) is 0 Å². The van der Waals surface area contributed by atoms with E-state index in [9.17, 15) is 9.59 Å².